The number of ether oxygens (including phenoxy) is 1. The second-order valence-corrected chi connectivity index (χ2v) is 6.36. The summed E-state index contributed by atoms with van der Waals surface area (Å²) in [6, 6.07) is 13.1. The summed E-state index contributed by atoms with van der Waals surface area (Å²) >= 11 is 0. The van der Waals surface area contributed by atoms with Crippen molar-refractivity contribution in [2.45, 2.75) is 19.4 Å². The highest BCUT2D eigenvalue weighted by atomic mass is 19.1. The average Bonchev–Trinajstić information content (AvgIpc) is 2.63. The fourth-order valence-corrected chi connectivity index (χ4v) is 3.05. The van der Waals surface area contributed by atoms with E-state index in [-0.39, 0.29) is 11.5 Å². The maximum atomic E-state index is 13.8. The number of piperidine rings is 1. The number of nitrogens with zero attached hydrogens (tertiary/aromatic N) is 1. The summed E-state index contributed by atoms with van der Waals surface area (Å²) in [5.74, 6) is -1.46. The molecule has 3 nitrogen and oxygen atoms in total. The summed E-state index contributed by atoms with van der Waals surface area (Å²) in [4.78, 5) is 14.0. The zero-order valence-corrected chi connectivity index (χ0v) is 14.0. The first-order valence-electron chi connectivity index (χ1n) is 8.49. The van der Waals surface area contributed by atoms with E-state index >= 15 is 0 Å². The highest BCUT2D eigenvalue weighted by molar-refractivity contribution is 5.94. The maximum Gasteiger partial charge on any atom is 0.256 e. The van der Waals surface area contributed by atoms with Gasteiger partial charge in [0, 0.05) is 25.8 Å². The molecule has 1 aliphatic heterocycles. The van der Waals surface area contributed by atoms with Gasteiger partial charge in [0.15, 0.2) is 0 Å². The summed E-state index contributed by atoms with van der Waals surface area (Å²) < 4.78 is 32.5. The van der Waals surface area contributed by atoms with Crippen molar-refractivity contribution in [3.8, 4) is 0 Å². The molecule has 0 aromatic heterocycles. The van der Waals surface area contributed by atoms with Gasteiger partial charge in [-0.3, -0.25) is 4.79 Å². The standard InChI is InChI=1S/C20H21F2NO2/c21-17-6-7-18(19(22)12-17)20(24)23-10-8-16(9-11-23)14-25-13-15-4-2-1-3-5-15/h1-7,12,16H,8-11,13-14H2. The third-order valence-corrected chi connectivity index (χ3v) is 4.53. The van der Waals surface area contributed by atoms with Crippen molar-refractivity contribution in [1.29, 1.82) is 0 Å². The smallest absolute Gasteiger partial charge is 0.256 e. The third-order valence-electron chi connectivity index (χ3n) is 4.53. The fourth-order valence-electron chi connectivity index (χ4n) is 3.05. The van der Waals surface area contributed by atoms with Gasteiger partial charge >= 0.3 is 0 Å². The highest BCUT2D eigenvalue weighted by Crippen LogP contribution is 2.21. The molecule has 132 valence electrons. The maximum absolute atomic E-state index is 13.8. The van der Waals surface area contributed by atoms with Gasteiger partial charge in [0.05, 0.1) is 12.2 Å². The topological polar surface area (TPSA) is 29.5 Å². The van der Waals surface area contributed by atoms with Crippen LogP contribution >= 0.6 is 0 Å². The first-order valence-corrected chi connectivity index (χ1v) is 8.49. The number of likely N-dealkylation sites (tertiary alicyclic amines) is 1. The average molecular weight is 345 g/mol. The molecule has 1 heterocycles. The lowest BCUT2D eigenvalue weighted by atomic mass is 9.97. The van der Waals surface area contributed by atoms with Gasteiger partial charge in [0.2, 0.25) is 0 Å². The van der Waals surface area contributed by atoms with Crippen molar-refractivity contribution in [3.63, 3.8) is 0 Å². The van der Waals surface area contributed by atoms with Gasteiger partial charge < -0.3 is 9.64 Å². The molecule has 0 spiro atoms. The molecule has 0 aliphatic carbocycles. The predicted octanol–water partition coefficient (Wildman–Crippen LogP) is 4.03. The molecule has 2 aromatic rings. The SMILES string of the molecule is O=C(c1ccc(F)cc1F)N1CCC(COCc2ccccc2)CC1. The van der Waals surface area contributed by atoms with Crippen LogP contribution in [0.4, 0.5) is 8.78 Å². The first kappa shape index (κ1) is 17.5. The van der Waals surface area contributed by atoms with Crippen molar-refractivity contribution in [2.24, 2.45) is 5.92 Å². The largest absolute Gasteiger partial charge is 0.376 e. The van der Waals surface area contributed by atoms with Crippen LogP contribution in [0, 0.1) is 17.6 Å². The van der Waals surface area contributed by atoms with Crippen LogP contribution in [0.3, 0.4) is 0 Å². The van der Waals surface area contributed by atoms with E-state index in [0.717, 1.165) is 30.5 Å². The quantitative estimate of drug-likeness (QED) is 0.819. The van der Waals surface area contributed by atoms with Gasteiger partial charge in [-0.05, 0) is 36.5 Å². The molecule has 1 saturated heterocycles. The van der Waals surface area contributed by atoms with Crippen LogP contribution in [0.1, 0.15) is 28.8 Å². The Labute approximate surface area is 146 Å². The Morgan fingerprint density at radius 1 is 1.08 bits per heavy atom. The second-order valence-electron chi connectivity index (χ2n) is 6.36. The van der Waals surface area contributed by atoms with Crippen molar-refractivity contribution in [2.75, 3.05) is 19.7 Å². The zero-order valence-electron chi connectivity index (χ0n) is 14.0. The molecule has 0 atom stereocenters. The van der Waals surface area contributed by atoms with Crippen molar-refractivity contribution >= 4 is 5.91 Å². The molecule has 2 aromatic carbocycles. The van der Waals surface area contributed by atoms with Gasteiger partial charge in [-0.25, -0.2) is 8.78 Å². The van der Waals surface area contributed by atoms with Crippen LogP contribution in [0.2, 0.25) is 0 Å². The van der Waals surface area contributed by atoms with E-state index in [2.05, 4.69) is 0 Å². The van der Waals surface area contributed by atoms with Crippen molar-refractivity contribution in [1.82, 2.24) is 4.90 Å². The number of benzene rings is 2. The van der Waals surface area contributed by atoms with Crippen LogP contribution in [0.15, 0.2) is 48.5 Å². The van der Waals surface area contributed by atoms with E-state index in [4.69, 9.17) is 4.74 Å². The second kappa shape index (κ2) is 8.21. The van der Waals surface area contributed by atoms with Crippen LogP contribution in [0.5, 0.6) is 0 Å². The minimum Gasteiger partial charge on any atom is -0.376 e. The molecule has 0 radical (unpaired) electrons. The van der Waals surface area contributed by atoms with Gasteiger partial charge in [-0.2, -0.15) is 0 Å². The molecule has 1 fully saturated rings. The summed E-state index contributed by atoms with van der Waals surface area (Å²) in [5, 5.41) is 0. The number of rotatable bonds is 5. The molecule has 1 amide bonds. The molecule has 0 bridgehead atoms. The van der Waals surface area contributed by atoms with Crippen LogP contribution < -0.4 is 0 Å². The number of hydrogen-bond acceptors (Lipinski definition) is 2. The zero-order chi connectivity index (χ0) is 17.6. The Balaban J connectivity index is 1.46. The number of hydrogen-bond donors (Lipinski definition) is 0. The minimum atomic E-state index is -0.807. The molecule has 5 heteroatoms. The van der Waals surface area contributed by atoms with Gasteiger partial charge in [-0.15, -0.1) is 0 Å². The van der Waals surface area contributed by atoms with E-state index in [1.54, 1.807) is 4.90 Å². The van der Waals surface area contributed by atoms with Crippen molar-refractivity contribution < 1.29 is 18.3 Å². The molecular formula is C20H21F2NO2. The third kappa shape index (κ3) is 4.63. The van der Waals surface area contributed by atoms with E-state index in [0.29, 0.717) is 32.2 Å². The fraction of sp³-hybridized carbons (Fsp3) is 0.350. The molecule has 25 heavy (non-hydrogen) atoms. The van der Waals surface area contributed by atoms with E-state index < -0.39 is 11.6 Å². The number of carbonyl (C=O) groups is 1. The summed E-state index contributed by atoms with van der Waals surface area (Å²) in [6.07, 6.45) is 1.65. The number of amides is 1. The number of carbonyl (C=O) groups excluding carboxylic acids is 1. The monoisotopic (exact) mass is 345 g/mol. The van der Waals surface area contributed by atoms with Crippen LogP contribution in [-0.4, -0.2) is 30.5 Å². The van der Waals surface area contributed by atoms with Crippen LogP contribution in [-0.2, 0) is 11.3 Å². The molecular weight excluding hydrogens is 324 g/mol. The summed E-state index contributed by atoms with van der Waals surface area (Å²) in [6.45, 7) is 2.37. The lowest BCUT2D eigenvalue weighted by Crippen LogP contribution is -2.39. The van der Waals surface area contributed by atoms with Crippen LogP contribution in [0.25, 0.3) is 0 Å². The molecule has 0 saturated carbocycles. The Morgan fingerprint density at radius 3 is 2.48 bits per heavy atom. The molecule has 0 N–H and O–H groups in total. The van der Waals surface area contributed by atoms with Gasteiger partial charge in [-0.1, -0.05) is 30.3 Å². The van der Waals surface area contributed by atoms with Gasteiger partial charge in [0.1, 0.15) is 11.6 Å². The van der Waals surface area contributed by atoms with Crippen molar-refractivity contribution in [3.05, 3.63) is 71.3 Å². The first-order chi connectivity index (χ1) is 12.1. The Morgan fingerprint density at radius 2 is 1.80 bits per heavy atom. The van der Waals surface area contributed by atoms with E-state index in [9.17, 15) is 13.6 Å². The van der Waals surface area contributed by atoms with E-state index in [1.807, 2.05) is 30.3 Å². The Hall–Kier alpha value is -2.27. The molecule has 0 unspecified atom stereocenters. The molecule has 3 rings (SSSR count). The normalized spacial score (nSPS) is 15.4. The minimum absolute atomic E-state index is 0.0693. The predicted molar refractivity (Wildman–Crippen MR) is 91.1 cm³/mol. The molecule has 1 aliphatic rings. The number of halogens is 2. The Kier molecular flexibility index (Phi) is 5.76. The van der Waals surface area contributed by atoms with Gasteiger partial charge in [0.25, 0.3) is 5.91 Å². The lowest BCUT2D eigenvalue weighted by molar-refractivity contribution is 0.0476. The Bertz CT molecular complexity index is 713. The summed E-state index contributed by atoms with van der Waals surface area (Å²) in [7, 11) is 0. The summed E-state index contributed by atoms with van der Waals surface area (Å²) in [5.41, 5.74) is 1.07. The van der Waals surface area contributed by atoms with E-state index in [1.165, 1.54) is 6.07 Å². The highest BCUT2D eigenvalue weighted by Gasteiger charge is 2.25. The lowest BCUT2D eigenvalue weighted by Gasteiger charge is -2.32.